The number of carbonyl (C=O) groups excluding carboxylic acids is 1. The number of thiazole rings is 1. The smallest absolute Gasteiger partial charge is 0.229 e. The Labute approximate surface area is 160 Å². The fraction of sp³-hybridized carbons (Fsp3) is 0.444. The van der Waals surface area contributed by atoms with Gasteiger partial charge < -0.3 is 10.2 Å². The number of hydrogen-bond acceptors (Lipinski definition) is 7. The molecule has 3 aromatic rings. The highest BCUT2D eigenvalue weighted by atomic mass is 32.1. The number of nitrogens with zero attached hydrogens (tertiary/aromatic N) is 4. The Balaban J connectivity index is 1.46. The van der Waals surface area contributed by atoms with Crippen LogP contribution in [0.25, 0.3) is 10.2 Å². The maximum Gasteiger partial charge on any atom is 0.229 e. The van der Waals surface area contributed by atoms with Crippen molar-refractivity contribution >= 4 is 49.7 Å². The summed E-state index contributed by atoms with van der Waals surface area (Å²) in [4.78, 5) is 30.4. The Kier molecular flexibility index (Phi) is 4.62. The lowest BCUT2D eigenvalue weighted by molar-refractivity contribution is -0.120. The molecule has 1 fully saturated rings. The number of thiophene rings is 1. The van der Waals surface area contributed by atoms with Gasteiger partial charge in [-0.05, 0) is 39.2 Å². The van der Waals surface area contributed by atoms with Crippen molar-refractivity contribution in [2.45, 2.75) is 33.6 Å². The minimum atomic E-state index is 0.0260. The summed E-state index contributed by atoms with van der Waals surface area (Å²) < 4.78 is 0. The molecule has 0 bridgehead atoms. The molecule has 0 aliphatic carbocycles. The first kappa shape index (κ1) is 17.4. The van der Waals surface area contributed by atoms with Gasteiger partial charge in [0.15, 0.2) is 5.13 Å². The fourth-order valence-corrected chi connectivity index (χ4v) is 5.06. The summed E-state index contributed by atoms with van der Waals surface area (Å²) in [5, 5.41) is 6.76. The summed E-state index contributed by atoms with van der Waals surface area (Å²) in [5.74, 6) is 1.11. The Morgan fingerprint density at radius 3 is 2.69 bits per heavy atom. The summed E-state index contributed by atoms with van der Waals surface area (Å²) in [7, 11) is 0. The van der Waals surface area contributed by atoms with Gasteiger partial charge in [0, 0.05) is 29.3 Å². The van der Waals surface area contributed by atoms with Crippen LogP contribution in [0.2, 0.25) is 0 Å². The van der Waals surface area contributed by atoms with Gasteiger partial charge in [-0.15, -0.1) is 22.7 Å². The zero-order chi connectivity index (χ0) is 18.3. The summed E-state index contributed by atoms with van der Waals surface area (Å²) in [6, 6.07) is 0. The number of aryl methyl sites for hydroxylation is 3. The number of nitrogens with one attached hydrogen (secondary N) is 1. The van der Waals surface area contributed by atoms with Gasteiger partial charge in [0.1, 0.15) is 17.0 Å². The summed E-state index contributed by atoms with van der Waals surface area (Å²) in [6.07, 6.45) is 3.30. The number of hydrogen-bond donors (Lipinski definition) is 1. The molecular weight excluding hydrogens is 366 g/mol. The molecule has 26 heavy (non-hydrogen) atoms. The Hall–Kier alpha value is -2.06. The second-order valence-corrected chi connectivity index (χ2v) is 8.77. The molecule has 0 radical (unpaired) electrons. The van der Waals surface area contributed by atoms with Crippen LogP contribution in [-0.4, -0.2) is 33.9 Å². The zero-order valence-electron chi connectivity index (χ0n) is 15.1. The average Bonchev–Trinajstić information content (AvgIpc) is 3.18. The van der Waals surface area contributed by atoms with Crippen molar-refractivity contribution in [3.63, 3.8) is 0 Å². The van der Waals surface area contributed by atoms with E-state index in [1.165, 1.54) is 21.8 Å². The molecule has 1 aliphatic rings. The summed E-state index contributed by atoms with van der Waals surface area (Å²) >= 11 is 3.19. The first-order chi connectivity index (χ1) is 12.5. The lowest BCUT2D eigenvalue weighted by Gasteiger charge is -2.32. The van der Waals surface area contributed by atoms with Gasteiger partial charge in [-0.2, -0.15) is 0 Å². The van der Waals surface area contributed by atoms with Crippen LogP contribution >= 0.6 is 22.7 Å². The Bertz CT molecular complexity index is 956. The van der Waals surface area contributed by atoms with Gasteiger partial charge in [0.05, 0.1) is 11.1 Å². The van der Waals surface area contributed by atoms with Crippen molar-refractivity contribution in [1.82, 2.24) is 15.0 Å². The third-order valence-corrected chi connectivity index (χ3v) is 6.95. The van der Waals surface area contributed by atoms with E-state index in [0.717, 1.165) is 47.7 Å². The van der Waals surface area contributed by atoms with Crippen LogP contribution in [0.15, 0.2) is 11.7 Å². The monoisotopic (exact) mass is 387 g/mol. The second-order valence-electron chi connectivity index (χ2n) is 6.71. The van der Waals surface area contributed by atoms with Crippen LogP contribution in [0.3, 0.4) is 0 Å². The molecule has 4 rings (SSSR count). The molecule has 1 amide bonds. The van der Waals surface area contributed by atoms with E-state index in [1.54, 1.807) is 17.7 Å². The Morgan fingerprint density at radius 2 is 2.00 bits per heavy atom. The number of amides is 1. The van der Waals surface area contributed by atoms with Gasteiger partial charge in [-0.3, -0.25) is 4.79 Å². The lowest BCUT2D eigenvalue weighted by atomic mass is 9.96. The molecule has 4 heterocycles. The first-order valence-corrected chi connectivity index (χ1v) is 10.4. The lowest BCUT2D eigenvalue weighted by Crippen LogP contribution is -2.38. The minimum Gasteiger partial charge on any atom is -0.356 e. The predicted molar refractivity (Wildman–Crippen MR) is 107 cm³/mol. The zero-order valence-corrected chi connectivity index (χ0v) is 16.7. The molecule has 1 N–H and O–H groups in total. The van der Waals surface area contributed by atoms with Crippen molar-refractivity contribution in [2.75, 3.05) is 23.3 Å². The standard InChI is InChI=1S/C18H21N5OS2/c1-10-8-25-18(21-10)22-16(24)13-4-6-23(7-5-13)15-14-11(2)12(3)26-17(14)20-9-19-15/h8-9,13H,4-7H2,1-3H3,(H,21,22,24). The summed E-state index contributed by atoms with van der Waals surface area (Å²) in [6.45, 7) is 7.85. The van der Waals surface area contributed by atoms with E-state index in [9.17, 15) is 4.79 Å². The first-order valence-electron chi connectivity index (χ1n) is 8.71. The number of anilines is 2. The predicted octanol–water partition coefficient (Wildman–Crippen LogP) is 3.93. The number of carbonyl (C=O) groups is 1. The normalized spacial score (nSPS) is 15.6. The molecule has 1 saturated heterocycles. The van der Waals surface area contributed by atoms with Crippen molar-refractivity contribution in [3.8, 4) is 0 Å². The van der Waals surface area contributed by atoms with Crippen molar-refractivity contribution < 1.29 is 4.79 Å². The van der Waals surface area contributed by atoms with Crippen LogP contribution in [0, 0.1) is 26.7 Å². The molecule has 0 atom stereocenters. The number of rotatable bonds is 3. The molecule has 3 aromatic heterocycles. The van der Waals surface area contributed by atoms with Gasteiger partial charge >= 0.3 is 0 Å². The SMILES string of the molecule is Cc1csc(NC(=O)C2CCN(c3ncnc4sc(C)c(C)c34)CC2)n1. The van der Waals surface area contributed by atoms with Gasteiger partial charge in [0.2, 0.25) is 5.91 Å². The van der Waals surface area contributed by atoms with E-state index in [2.05, 4.69) is 39.0 Å². The molecule has 0 aromatic carbocycles. The summed E-state index contributed by atoms with van der Waals surface area (Å²) in [5.41, 5.74) is 2.20. The third-order valence-electron chi connectivity index (χ3n) is 4.96. The highest BCUT2D eigenvalue weighted by molar-refractivity contribution is 7.18. The van der Waals surface area contributed by atoms with Gasteiger partial charge in [-0.25, -0.2) is 15.0 Å². The molecule has 6 nitrogen and oxygen atoms in total. The van der Waals surface area contributed by atoms with Crippen molar-refractivity contribution in [3.05, 3.63) is 27.8 Å². The average molecular weight is 388 g/mol. The fourth-order valence-electron chi connectivity index (χ4n) is 3.38. The number of piperidine rings is 1. The molecular formula is C18H21N5OS2. The number of aromatic nitrogens is 3. The molecule has 0 saturated carbocycles. The molecule has 8 heteroatoms. The molecule has 1 aliphatic heterocycles. The van der Waals surface area contributed by atoms with E-state index in [1.807, 2.05) is 12.3 Å². The van der Waals surface area contributed by atoms with E-state index < -0.39 is 0 Å². The van der Waals surface area contributed by atoms with Crippen molar-refractivity contribution in [1.29, 1.82) is 0 Å². The van der Waals surface area contributed by atoms with Crippen LogP contribution in [0.1, 0.15) is 29.0 Å². The van der Waals surface area contributed by atoms with E-state index in [-0.39, 0.29) is 11.8 Å². The van der Waals surface area contributed by atoms with Crippen molar-refractivity contribution in [2.24, 2.45) is 5.92 Å². The van der Waals surface area contributed by atoms with Crippen LogP contribution in [0.4, 0.5) is 10.9 Å². The minimum absolute atomic E-state index is 0.0260. The van der Waals surface area contributed by atoms with Gasteiger partial charge in [-0.1, -0.05) is 0 Å². The topological polar surface area (TPSA) is 71.0 Å². The Morgan fingerprint density at radius 1 is 1.23 bits per heavy atom. The maximum atomic E-state index is 12.5. The van der Waals surface area contributed by atoms with E-state index in [4.69, 9.17) is 0 Å². The van der Waals surface area contributed by atoms with Crippen LogP contribution in [-0.2, 0) is 4.79 Å². The van der Waals surface area contributed by atoms with E-state index >= 15 is 0 Å². The number of fused-ring (bicyclic) bond motifs is 1. The quantitative estimate of drug-likeness (QED) is 0.737. The van der Waals surface area contributed by atoms with Crippen LogP contribution < -0.4 is 10.2 Å². The van der Waals surface area contributed by atoms with E-state index in [0.29, 0.717) is 5.13 Å². The highest BCUT2D eigenvalue weighted by Gasteiger charge is 2.27. The second kappa shape index (κ2) is 6.92. The molecule has 0 unspecified atom stereocenters. The molecule has 0 spiro atoms. The third kappa shape index (κ3) is 3.19. The molecule has 136 valence electrons. The largest absolute Gasteiger partial charge is 0.356 e. The maximum absolute atomic E-state index is 12.5. The van der Waals surface area contributed by atoms with Crippen LogP contribution in [0.5, 0.6) is 0 Å². The highest BCUT2D eigenvalue weighted by Crippen LogP contribution is 2.35. The van der Waals surface area contributed by atoms with Gasteiger partial charge in [0.25, 0.3) is 0 Å².